The van der Waals surface area contributed by atoms with E-state index in [1.807, 2.05) is 0 Å². The molecule has 1 heterocycles. The fourth-order valence-electron chi connectivity index (χ4n) is 0.902. The Labute approximate surface area is 66.9 Å². The Morgan fingerprint density at radius 3 is 2.08 bits per heavy atom. The van der Waals surface area contributed by atoms with Gasteiger partial charge >= 0.3 is 17.1 Å². The van der Waals surface area contributed by atoms with Crippen LogP contribution in [-0.2, 0) is 10.5 Å². The molecule has 1 atom stereocenters. The van der Waals surface area contributed by atoms with Gasteiger partial charge in [0.25, 0.3) is 0 Å². The van der Waals surface area contributed by atoms with Crippen LogP contribution >= 0.6 is 0 Å². The molecule has 1 aromatic rings. The molecule has 0 saturated carbocycles. The second-order valence-electron chi connectivity index (χ2n) is 2.53. The third kappa shape index (κ3) is 0.884. The number of nitrogens with zero attached hydrogens (tertiary/aromatic N) is 1. The Bertz CT molecular complexity index is 361. The van der Waals surface area contributed by atoms with E-state index in [4.69, 9.17) is 10.8 Å². The quantitative estimate of drug-likeness (QED) is 0.523. The van der Waals surface area contributed by atoms with Crippen LogP contribution in [0.15, 0.2) is 9.59 Å². The monoisotopic (exact) mass is 172 g/mol. The number of aromatic nitrogens is 1. The molecule has 0 fully saturated rings. The first-order chi connectivity index (χ1) is 5.45. The van der Waals surface area contributed by atoms with Crippen LogP contribution < -0.4 is 16.9 Å². The van der Waals surface area contributed by atoms with Crippen molar-refractivity contribution in [2.24, 2.45) is 5.73 Å². The topological polar surface area (TPSA) is 102 Å². The molecule has 0 saturated heterocycles. The van der Waals surface area contributed by atoms with E-state index < -0.39 is 22.8 Å². The molecule has 1 rings (SSSR count). The van der Waals surface area contributed by atoms with Gasteiger partial charge in [-0.3, -0.25) is 15.3 Å². The SMILES string of the molecule is CCC(N)(C(=O)O)n1c(=O)c1=O. The molecule has 66 valence electrons. The minimum absolute atomic E-state index is 0.000185. The van der Waals surface area contributed by atoms with Crippen LogP contribution in [-0.4, -0.2) is 15.6 Å². The zero-order valence-corrected chi connectivity index (χ0v) is 6.40. The number of carbonyl (C=O) groups is 1. The van der Waals surface area contributed by atoms with Gasteiger partial charge in [-0.25, -0.2) is 9.36 Å². The lowest BCUT2D eigenvalue weighted by Gasteiger charge is -2.18. The fourth-order valence-corrected chi connectivity index (χ4v) is 0.902. The zero-order chi connectivity index (χ0) is 9.52. The van der Waals surface area contributed by atoms with Crippen LogP contribution in [0.25, 0.3) is 0 Å². The molecule has 12 heavy (non-hydrogen) atoms. The molecule has 1 aromatic heterocycles. The molecule has 0 aliphatic carbocycles. The lowest BCUT2D eigenvalue weighted by atomic mass is 10.1. The highest BCUT2D eigenvalue weighted by Gasteiger charge is 2.42. The molecule has 0 amide bonds. The van der Waals surface area contributed by atoms with Crippen LogP contribution in [0.4, 0.5) is 0 Å². The smallest absolute Gasteiger partial charge is 0.345 e. The molecule has 1 unspecified atom stereocenters. The van der Waals surface area contributed by atoms with Gasteiger partial charge in [-0.1, -0.05) is 6.92 Å². The number of nitrogens with two attached hydrogens (primary N) is 1. The van der Waals surface area contributed by atoms with E-state index in [1.165, 1.54) is 6.92 Å². The Morgan fingerprint density at radius 2 is 2.00 bits per heavy atom. The Kier molecular flexibility index (Phi) is 1.64. The summed E-state index contributed by atoms with van der Waals surface area (Å²) in [5, 5.41) is 8.61. The van der Waals surface area contributed by atoms with Crippen LogP contribution in [0, 0.1) is 0 Å². The van der Waals surface area contributed by atoms with E-state index in [2.05, 4.69) is 0 Å². The summed E-state index contributed by atoms with van der Waals surface area (Å²) in [4.78, 5) is 31.7. The third-order valence-electron chi connectivity index (χ3n) is 1.85. The van der Waals surface area contributed by atoms with Gasteiger partial charge < -0.3 is 5.11 Å². The second kappa shape index (κ2) is 2.28. The Hall–Kier alpha value is -1.43. The van der Waals surface area contributed by atoms with Crippen molar-refractivity contribution in [1.29, 1.82) is 0 Å². The van der Waals surface area contributed by atoms with Crippen molar-refractivity contribution < 1.29 is 9.90 Å². The average molecular weight is 172 g/mol. The van der Waals surface area contributed by atoms with Gasteiger partial charge in [-0.05, 0) is 6.42 Å². The number of aliphatic carboxylic acids is 1. The van der Waals surface area contributed by atoms with Crippen LogP contribution in [0.1, 0.15) is 13.3 Å². The van der Waals surface area contributed by atoms with Crippen molar-refractivity contribution in [3.63, 3.8) is 0 Å². The van der Waals surface area contributed by atoms with E-state index in [9.17, 15) is 14.4 Å². The van der Waals surface area contributed by atoms with Crippen molar-refractivity contribution >= 4 is 5.97 Å². The molecule has 0 aliphatic heterocycles. The highest BCUT2D eigenvalue weighted by atomic mass is 16.4. The lowest BCUT2D eigenvalue weighted by Crippen LogP contribution is -2.49. The number of carboxylic acid groups (broad SMARTS) is 1. The predicted molar refractivity (Wildman–Crippen MR) is 39.4 cm³/mol. The number of hydrogen-bond acceptors (Lipinski definition) is 4. The normalized spacial score (nSPS) is 16.2. The molecule has 6 nitrogen and oxygen atoms in total. The molecule has 0 radical (unpaired) electrons. The van der Waals surface area contributed by atoms with E-state index >= 15 is 0 Å². The van der Waals surface area contributed by atoms with Crippen LogP contribution in [0.2, 0.25) is 0 Å². The number of carboxylic acids is 1. The predicted octanol–water partition coefficient (Wildman–Crippen LogP) is -1.81. The van der Waals surface area contributed by atoms with Gasteiger partial charge in [-0.2, -0.15) is 0 Å². The largest absolute Gasteiger partial charge is 0.478 e. The molecule has 6 heteroatoms. The fraction of sp³-hybridized carbons (Fsp3) is 0.500. The van der Waals surface area contributed by atoms with Crippen molar-refractivity contribution in [1.82, 2.24) is 4.57 Å². The average Bonchev–Trinajstić information content (AvgIpc) is 2.59. The molecule has 0 aromatic carbocycles. The third-order valence-corrected chi connectivity index (χ3v) is 1.85. The van der Waals surface area contributed by atoms with Gasteiger partial charge in [0.2, 0.25) is 0 Å². The Balaban J connectivity index is 3.15. The first kappa shape index (κ1) is 8.66. The Morgan fingerprint density at radius 1 is 1.58 bits per heavy atom. The molecular weight excluding hydrogens is 164 g/mol. The van der Waals surface area contributed by atoms with E-state index in [0.717, 1.165) is 0 Å². The van der Waals surface area contributed by atoms with E-state index in [-0.39, 0.29) is 6.42 Å². The van der Waals surface area contributed by atoms with Gasteiger partial charge in [0, 0.05) is 0 Å². The first-order valence-electron chi connectivity index (χ1n) is 3.36. The minimum Gasteiger partial charge on any atom is -0.478 e. The molecule has 0 spiro atoms. The zero-order valence-electron chi connectivity index (χ0n) is 6.40. The maximum atomic E-state index is 10.6. The summed E-state index contributed by atoms with van der Waals surface area (Å²) < 4.78 is 0.551. The maximum Gasteiger partial charge on any atom is 0.345 e. The maximum absolute atomic E-state index is 10.6. The summed E-state index contributed by atoms with van der Waals surface area (Å²) >= 11 is 0. The van der Waals surface area contributed by atoms with E-state index in [1.54, 1.807) is 0 Å². The van der Waals surface area contributed by atoms with Crippen molar-refractivity contribution in [3.8, 4) is 0 Å². The summed E-state index contributed by atoms with van der Waals surface area (Å²) in [7, 11) is 0. The summed E-state index contributed by atoms with van der Waals surface area (Å²) in [5.74, 6) is -1.37. The minimum atomic E-state index is -1.85. The summed E-state index contributed by atoms with van der Waals surface area (Å²) in [5.41, 5.74) is 1.79. The number of rotatable bonds is 3. The summed E-state index contributed by atoms with van der Waals surface area (Å²) in [6, 6.07) is 0. The van der Waals surface area contributed by atoms with Crippen molar-refractivity contribution in [2.45, 2.75) is 19.0 Å². The highest BCUT2D eigenvalue weighted by Crippen LogP contribution is 2.10. The van der Waals surface area contributed by atoms with Gasteiger partial charge in [0.15, 0.2) is 5.66 Å². The molecule has 3 N–H and O–H groups in total. The highest BCUT2D eigenvalue weighted by molar-refractivity contribution is 5.76. The lowest BCUT2D eigenvalue weighted by molar-refractivity contribution is -0.147. The first-order valence-corrected chi connectivity index (χ1v) is 3.36. The van der Waals surface area contributed by atoms with Gasteiger partial charge in [0.1, 0.15) is 0 Å². The molecule has 0 aliphatic rings. The summed E-state index contributed by atoms with van der Waals surface area (Å²) in [6.45, 7) is 1.49. The molecule has 0 bridgehead atoms. The standard InChI is InChI=1S/C6H8N2O4/c1-2-6(7,5(11)12)8-3(9)4(8)10/h2,7H2,1H3,(H,11,12). The van der Waals surface area contributed by atoms with E-state index in [0.29, 0.717) is 4.57 Å². The van der Waals surface area contributed by atoms with Gasteiger partial charge in [-0.15, -0.1) is 0 Å². The summed E-state index contributed by atoms with van der Waals surface area (Å²) in [6.07, 6.45) is -0.000185. The van der Waals surface area contributed by atoms with Crippen molar-refractivity contribution in [2.75, 3.05) is 0 Å². The number of hydrogen-bond donors (Lipinski definition) is 2. The van der Waals surface area contributed by atoms with Crippen LogP contribution in [0.5, 0.6) is 0 Å². The van der Waals surface area contributed by atoms with Crippen molar-refractivity contribution in [3.05, 3.63) is 20.7 Å². The van der Waals surface area contributed by atoms with Crippen LogP contribution in [0.3, 0.4) is 0 Å². The van der Waals surface area contributed by atoms with Gasteiger partial charge in [0.05, 0.1) is 0 Å². The molecular formula is C6H8N2O4. The second-order valence-corrected chi connectivity index (χ2v) is 2.53.